The zero-order valence-electron chi connectivity index (χ0n) is 13.2. The van der Waals surface area contributed by atoms with E-state index in [-0.39, 0.29) is 5.91 Å². The highest BCUT2D eigenvalue weighted by Crippen LogP contribution is 2.19. The van der Waals surface area contributed by atoms with E-state index in [1.54, 1.807) is 34.0 Å². The maximum atomic E-state index is 14.3. The van der Waals surface area contributed by atoms with Crippen molar-refractivity contribution in [1.82, 2.24) is 9.47 Å². The first-order chi connectivity index (χ1) is 11.2. The molecule has 2 aromatic rings. The fraction of sp³-hybridized carbons (Fsp3) is 0.389. The first-order valence-electron chi connectivity index (χ1n) is 7.99. The Bertz CT molecular complexity index is 664. The lowest BCUT2D eigenvalue weighted by atomic mass is 10.1. The van der Waals surface area contributed by atoms with E-state index in [4.69, 9.17) is 4.74 Å². The number of hydrogen-bond donors (Lipinski definition) is 0. The molecule has 1 saturated heterocycles. The van der Waals surface area contributed by atoms with Crippen molar-refractivity contribution in [3.05, 3.63) is 54.1 Å². The van der Waals surface area contributed by atoms with Crippen molar-refractivity contribution in [1.29, 1.82) is 0 Å². The van der Waals surface area contributed by atoms with E-state index in [2.05, 4.69) is 0 Å². The molecule has 1 aromatic heterocycles. The van der Waals surface area contributed by atoms with Gasteiger partial charge < -0.3 is 14.2 Å². The molecule has 4 nitrogen and oxygen atoms in total. The molecule has 2 heterocycles. The summed E-state index contributed by atoms with van der Waals surface area (Å²) < 4.78 is 21.4. The SMILES string of the molecule is CCN(C[C@H]1CCOC1)C(=O)c1ccc(-n2cccc2)c(F)c1. The van der Waals surface area contributed by atoms with Gasteiger partial charge in [0, 0.05) is 43.6 Å². The predicted octanol–water partition coefficient (Wildman–Crippen LogP) is 3.12. The molecule has 122 valence electrons. The summed E-state index contributed by atoms with van der Waals surface area (Å²) in [6.45, 7) is 4.67. The minimum absolute atomic E-state index is 0.127. The van der Waals surface area contributed by atoms with E-state index in [9.17, 15) is 9.18 Å². The number of rotatable bonds is 5. The molecule has 1 aliphatic rings. The number of carbonyl (C=O) groups is 1. The lowest BCUT2D eigenvalue weighted by Gasteiger charge is -2.24. The van der Waals surface area contributed by atoms with Gasteiger partial charge in [-0.25, -0.2) is 4.39 Å². The molecular formula is C18H21FN2O2. The first-order valence-corrected chi connectivity index (χ1v) is 7.99. The largest absolute Gasteiger partial charge is 0.381 e. The van der Waals surface area contributed by atoms with Crippen LogP contribution in [0, 0.1) is 11.7 Å². The third kappa shape index (κ3) is 3.45. The van der Waals surface area contributed by atoms with Crippen LogP contribution in [0.25, 0.3) is 5.69 Å². The maximum absolute atomic E-state index is 14.3. The van der Waals surface area contributed by atoms with Crippen LogP contribution >= 0.6 is 0 Å². The van der Waals surface area contributed by atoms with Crippen molar-refractivity contribution in [3.63, 3.8) is 0 Å². The van der Waals surface area contributed by atoms with Crippen LogP contribution in [-0.4, -0.2) is 41.7 Å². The van der Waals surface area contributed by atoms with Gasteiger partial charge in [0.25, 0.3) is 5.91 Å². The number of nitrogens with zero attached hydrogens (tertiary/aromatic N) is 2. The van der Waals surface area contributed by atoms with Gasteiger partial charge in [0.2, 0.25) is 0 Å². The summed E-state index contributed by atoms with van der Waals surface area (Å²) in [5.74, 6) is -0.146. The zero-order chi connectivity index (χ0) is 16.2. The van der Waals surface area contributed by atoms with Gasteiger partial charge in [-0.15, -0.1) is 0 Å². The average Bonchev–Trinajstić information content (AvgIpc) is 3.25. The van der Waals surface area contributed by atoms with Crippen LogP contribution in [0.15, 0.2) is 42.7 Å². The van der Waals surface area contributed by atoms with E-state index in [0.717, 1.165) is 13.0 Å². The monoisotopic (exact) mass is 316 g/mol. The number of amides is 1. The van der Waals surface area contributed by atoms with Crippen LogP contribution in [0.5, 0.6) is 0 Å². The molecular weight excluding hydrogens is 295 g/mol. The Morgan fingerprint density at radius 1 is 1.39 bits per heavy atom. The number of hydrogen-bond acceptors (Lipinski definition) is 2. The van der Waals surface area contributed by atoms with Crippen molar-refractivity contribution in [3.8, 4) is 5.69 Å². The van der Waals surface area contributed by atoms with Gasteiger partial charge >= 0.3 is 0 Å². The lowest BCUT2D eigenvalue weighted by molar-refractivity contribution is 0.0730. The molecule has 0 aliphatic carbocycles. The van der Waals surface area contributed by atoms with Crippen molar-refractivity contribution in [2.45, 2.75) is 13.3 Å². The molecule has 0 saturated carbocycles. The molecule has 0 bridgehead atoms. The second-order valence-corrected chi connectivity index (χ2v) is 5.83. The fourth-order valence-electron chi connectivity index (χ4n) is 2.92. The third-order valence-corrected chi connectivity index (χ3v) is 4.25. The van der Waals surface area contributed by atoms with Crippen LogP contribution in [0.3, 0.4) is 0 Å². The standard InChI is InChI=1S/C18H21FN2O2/c1-2-20(12-14-7-10-23-13-14)18(22)15-5-6-17(16(19)11-15)21-8-3-4-9-21/h3-6,8-9,11,14H,2,7,10,12-13H2,1H3/t14-/m1/s1. The van der Waals surface area contributed by atoms with Crippen LogP contribution < -0.4 is 0 Å². The number of ether oxygens (including phenoxy) is 1. The highest BCUT2D eigenvalue weighted by molar-refractivity contribution is 5.94. The normalized spacial score (nSPS) is 17.4. The van der Waals surface area contributed by atoms with Crippen LogP contribution in [0.4, 0.5) is 4.39 Å². The molecule has 1 atom stereocenters. The van der Waals surface area contributed by atoms with Gasteiger partial charge in [-0.3, -0.25) is 4.79 Å². The molecule has 5 heteroatoms. The van der Waals surface area contributed by atoms with E-state index in [1.807, 2.05) is 19.1 Å². The lowest BCUT2D eigenvalue weighted by Crippen LogP contribution is -2.35. The Balaban J connectivity index is 1.77. The molecule has 0 radical (unpaired) electrons. The van der Waals surface area contributed by atoms with Crippen molar-refractivity contribution in [2.75, 3.05) is 26.3 Å². The van der Waals surface area contributed by atoms with E-state index in [0.29, 0.717) is 36.9 Å². The minimum atomic E-state index is -0.396. The summed E-state index contributed by atoms with van der Waals surface area (Å²) in [6.07, 6.45) is 4.53. The zero-order valence-corrected chi connectivity index (χ0v) is 13.2. The highest BCUT2D eigenvalue weighted by atomic mass is 19.1. The number of carbonyl (C=O) groups excluding carboxylic acids is 1. The second kappa shape index (κ2) is 6.96. The van der Waals surface area contributed by atoms with Crippen LogP contribution in [0.1, 0.15) is 23.7 Å². The Hall–Kier alpha value is -2.14. The van der Waals surface area contributed by atoms with E-state index >= 15 is 0 Å². The van der Waals surface area contributed by atoms with Crippen molar-refractivity contribution < 1.29 is 13.9 Å². The van der Waals surface area contributed by atoms with E-state index < -0.39 is 5.82 Å². The highest BCUT2D eigenvalue weighted by Gasteiger charge is 2.23. The molecule has 23 heavy (non-hydrogen) atoms. The third-order valence-electron chi connectivity index (χ3n) is 4.25. The smallest absolute Gasteiger partial charge is 0.253 e. The minimum Gasteiger partial charge on any atom is -0.381 e. The summed E-state index contributed by atoms with van der Waals surface area (Å²) >= 11 is 0. The molecule has 0 spiro atoms. The van der Waals surface area contributed by atoms with Gasteiger partial charge in [-0.2, -0.15) is 0 Å². The summed E-state index contributed by atoms with van der Waals surface area (Å²) in [5, 5.41) is 0. The topological polar surface area (TPSA) is 34.5 Å². The predicted molar refractivity (Wildman–Crippen MR) is 86.2 cm³/mol. The van der Waals surface area contributed by atoms with Crippen molar-refractivity contribution in [2.24, 2.45) is 5.92 Å². The maximum Gasteiger partial charge on any atom is 0.253 e. The summed E-state index contributed by atoms with van der Waals surface area (Å²) in [5.41, 5.74) is 0.831. The quantitative estimate of drug-likeness (QED) is 0.849. The summed E-state index contributed by atoms with van der Waals surface area (Å²) in [7, 11) is 0. The molecule has 0 N–H and O–H groups in total. The Kier molecular flexibility index (Phi) is 4.76. The Morgan fingerprint density at radius 3 is 2.78 bits per heavy atom. The van der Waals surface area contributed by atoms with Gasteiger partial charge in [0.15, 0.2) is 0 Å². The summed E-state index contributed by atoms with van der Waals surface area (Å²) in [4.78, 5) is 14.4. The van der Waals surface area contributed by atoms with Gasteiger partial charge in [-0.05, 0) is 43.7 Å². The second-order valence-electron chi connectivity index (χ2n) is 5.83. The first kappa shape index (κ1) is 15.7. The number of benzene rings is 1. The number of halogens is 1. The number of aromatic nitrogens is 1. The van der Waals surface area contributed by atoms with Gasteiger partial charge in [0.05, 0.1) is 12.3 Å². The summed E-state index contributed by atoms with van der Waals surface area (Å²) in [6, 6.07) is 8.33. The molecule has 1 aliphatic heterocycles. The van der Waals surface area contributed by atoms with Crippen LogP contribution in [0.2, 0.25) is 0 Å². The Labute approximate surface area is 135 Å². The van der Waals surface area contributed by atoms with E-state index in [1.165, 1.54) is 6.07 Å². The fourth-order valence-corrected chi connectivity index (χ4v) is 2.92. The van der Waals surface area contributed by atoms with Crippen LogP contribution in [-0.2, 0) is 4.74 Å². The molecule has 3 rings (SSSR count). The van der Waals surface area contributed by atoms with Gasteiger partial charge in [0.1, 0.15) is 5.82 Å². The molecule has 1 fully saturated rings. The average molecular weight is 316 g/mol. The van der Waals surface area contributed by atoms with Gasteiger partial charge in [-0.1, -0.05) is 0 Å². The Morgan fingerprint density at radius 2 is 2.17 bits per heavy atom. The molecule has 1 aromatic carbocycles. The van der Waals surface area contributed by atoms with Crippen molar-refractivity contribution >= 4 is 5.91 Å². The molecule has 1 amide bonds. The molecule has 0 unspecified atom stereocenters.